The minimum atomic E-state index is -0.810. The molecule has 2 aromatic rings. The number of carbonyl (C=O) groups is 2. The number of ether oxygens (including phenoxy) is 1. The maximum Gasteiger partial charge on any atom is 0.266 e. The summed E-state index contributed by atoms with van der Waals surface area (Å²) in [7, 11) is 0. The molecule has 0 bridgehead atoms. The number of amides is 2. The monoisotopic (exact) mass is 364 g/mol. The number of nitrogens with one attached hydrogen (secondary N) is 2. The van der Waals surface area contributed by atoms with Gasteiger partial charge in [0.15, 0.2) is 6.10 Å². The van der Waals surface area contributed by atoms with Crippen LogP contribution in [0.15, 0.2) is 42.5 Å². The first-order valence-electron chi connectivity index (χ1n) is 9.58. The summed E-state index contributed by atoms with van der Waals surface area (Å²) in [6, 6.07) is 13.6. The fourth-order valence-electron chi connectivity index (χ4n) is 3.80. The van der Waals surface area contributed by atoms with Crippen LogP contribution in [0.3, 0.4) is 0 Å². The van der Waals surface area contributed by atoms with Crippen molar-refractivity contribution in [1.82, 2.24) is 5.32 Å². The molecule has 0 spiro atoms. The largest absolute Gasteiger partial charge is 0.478 e. The van der Waals surface area contributed by atoms with E-state index in [0.717, 1.165) is 18.4 Å². The maximum atomic E-state index is 12.5. The quantitative estimate of drug-likeness (QED) is 0.872. The van der Waals surface area contributed by atoms with Crippen molar-refractivity contribution in [1.29, 1.82) is 0 Å². The van der Waals surface area contributed by atoms with Gasteiger partial charge in [-0.3, -0.25) is 9.59 Å². The Bertz CT molecular complexity index is 878. The second-order valence-electron chi connectivity index (χ2n) is 7.32. The van der Waals surface area contributed by atoms with E-state index in [1.165, 1.54) is 24.0 Å². The van der Waals surface area contributed by atoms with Crippen LogP contribution in [0.2, 0.25) is 0 Å². The second kappa shape index (κ2) is 7.43. The molecule has 2 amide bonds. The molecule has 2 aromatic carbocycles. The minimum absolute atomic E-state index is 0.00452. The lowest BCUT2D eigenvalue weighted by Gasteiger charge is -2.26. The first-order chi connectivity index (χ1) is 13.1. The van der Waals surface area contributed by atoms with Crippen molar-refractivity contribution in [3.05, 3.63) is 59.2 Å². The van der Waals surface area contributed by atoms with Gasteiger partial charge in [0, 0.05) is 0 Å². The Hall–Kier alpha value is -2.82. The zero-order valence-electron chi connectivity index (χ0n) is 15.5. The fraction of sp³-hybridized carbons (Fsp3) is 0.364. The van der Waals surface area contributed by atoms with E-state index in [4.69, 9.17) is 4.74 Å². The van der Waals surface area contributed by atoms with E-state index in [1.54, 1.807) is 12.1 Å². The van der Waals surface area contributed by atoms with Crippen LogP contribution in [0.1, 0.15) is 48.9 Å². The Morgan fingerprint density at radius 2 is 1.96 bits per heavy atom. The zero-order valence-corrected chi connectivity index (χ0v) is 15.5. The summed E-state index contributed by atoms with van der Waals surface area (Å²) in [4.78, 5) is 24.7. The highest BCUT2D eigenvalue weighted by molar-refractivity contribution is 5.99. The molecular formula is C22H24N2O3. The van der Waals surface area contributed by atoms with Crippen LogP contribution < -0.4 is 15.4 Å². The van der Waals surface area contributed by atoms with Crippen molar-refractivity contribution in [2.24, 2.45) is 0 Å². The van der Waals surface area contributed by atoms with Crippen LogP contribution in [0.4, 0.5) is 5.69 Å². The molecule has 5 heteroatoms. The average molecular weight is 364 g/mol. The van der Waals surface area contributed by atoms with Gasteiger partial charge in [0.1, 0.15) is 5.75 Å². The summed E-state index contributed by atoms with van der Waals surface area (Å²) >= 11 is 0. The molecule has 2 atom stereocenters. The Morgan fingerprint density at radius 1 is 1.19 bits per heavy atom. The number of hydrogen-bond donors (Lipinski definition) is 2. The average Bonchev–Trinajstić information content (AvgIpc) is 2.68. The molecule has 1 aliphatic heterocycles. The highest BCUT2D eigenvalue weighted by atomic mass is 16.5. The number of rotatable bonds is 4. The highest BCUT2D eigenvalue weighted by Gasteiger charge is 2.30. The van der Waals surface area contributed by atoms with Gasteiger partial charge in [-0.05, 0) is 61.4 Å². The van der Waals surface area contributed by atoms with Crippen LogP contribution >= 0.6 is 0 Å². The Morgan fingerprint density at radius 3 is 2.81 bits per heavy atom. The first kappa shape index (κ1) is 17.6. The smallest absolute Gasteiger partial charge is 0.266 e. The van der Waals surface area contributed by atoms with E-state index in [9.17, 15) is 9.59 Å². The molecule has 0 aromatic heterocycles. The maximum absolute atomic E-state index is 12.5. The van der Waals surface area contributed by atoms with Gasteiger partial charge in [-0.2, -0.15) is 0 Å². The SMILES string of the molecule is C[C@H](NC(=O)C[C@H]1Oc2ccccc2NC1=O)c1ccc2c(c1)CCCC2. The summed E-state index contributed by atoms with van der Waals surface area (Å²) in [5.41, 5.74) is 4.56. The summed E-state index contributed by atoms with van der Waals surface area (Å²) in [5.74, 6) is 0.114. The fourth-order valence-corrected chi connectivity index (χ4v) is 3.80. The van der Waals surface area contributed by atoms with E-state index in [2.05, 4.69) is 28.8 Å². The third kappa shape index (κ3) is 3.82. The third-order valence-electron chi connectivity index (χ3n) is 5.33. The van der Waals surface area contributed by atoms with Crippen molar-refractivity contribution >= 4 is 17.5 Å². The summed E-state index contributed by atoms with van der Waals surface area (Å²) < 4.78 is 5.70. The van der Waals surface area contributed by atoms with Gasteiger partial charge in [0.05, 0.1) is 18.2 Å². The molecule has 2 aliphatic rings. The molecule has 0 saturated heterocycles. The molecule has 0 unspecified atom stereocenters. The molecular weight excluding hydrogens is 340 g/mol. The van der Waals surface area contributed by atoms with E-state index in [-0.39, 0.29) is 24.3 Å². The number of anilines is 1. The van der Waals surface area contributed by atoms with Crippen molar-refractivity contribution < 1.29 is 14.3 Å². The lowest BCUT2D eigenvalue weighted by molar-refractivity contribution is -0.130. The van der Waals surface area contributed by atoms with Gasteiger partial charge in [0.25, 0.3) is 5.91 Å². The standard InChI is InChI=1S/C22H24N2O3/c1-14(16-11-10-15-6-2-3-7-17(15)12-16)23-21(25)13-20-22(26)24-18-8-4-5-9-19(18)27-20/h4-5,8-12,14,20H,2-3,6-7,13H2,1H3,(H,23,25)(H,24,26)/t14-,20+/m0/s1. The first-order valence-corrected chi connectivity index (χ1v) is 9.58. The van der Waals surface area contributed by atoms with Crippen LogP contribution in [0.25, 0.3) is 0 Å². The number of benzene rings is 2. The Balaban J connectivity index is 1.38. The van der Waals surface area contributed by atoms with E-state index in [0.29, 0.717) is 11.4 Å². The molecule has 27 heavy (non-hydrogen) atoms. The molecule has 5 nitrogen and oxygen atoms in total. The van der Waals surface area contributed by atoms with Gasteiger partial charge in [-0.1, -0.05) is 30.3 Å². The molecule has 0 fully saturated rings. The number of aryl methyl sites for hydroxylation is 2. The second-order valence-corrected chi connectivity index (χ2v) is 7.32. The molecule has 0 radical (unpaired) electrons. The van der Waals surface area contributed by atoms with Gasteiger partial charge in [0.2, 0.25) is 5.91 Å². The van der Waals surface area contributed by atoms with E-state index >= 15 is 0 Å². The van der Waals surface area contributed by atoms with Crippen molar-refractivity contribution in [2.75, 3.05) is 5.32 Å². The predicted molar refractivity (Wildman–Crippen MR) is 104 cm³/mol. The minimum Gasteiger partial charge on any atom is -0.478 e. The van der Waals surface area contributed by atoms with Crippen LogP contribution in [0, 0.1) is 0 Å². The Kier molecular flexibility index (Phi) is 4.84. The van der Waals surface area contributed by atoms with Gasteiger partial charge in [-0.25, -0.2) is 0 Å². The molecule has 2 N–H and O–H groups in total. The van der Waals surface area contributed by atoms with Crippen molar-refractivity contribution in [3.8, 4) is 5.75 Å². The topological polar surface area (TPSA) is 67.4 Å². The van der Waals surface area contributed by atoms with Crippen LogP contribution in [-0.2, 0) is 22.4 Å². The molecule has 0 saturated carbocycles. The molecule has 140 valence electrons. The highest BCUT2D eigenvalue weighted by Crippen LogP contribution is 2.30. The van der Waals surface area contributed by atoms with Gasteiger partial charge < -0.3 is 15.4 Å². The van der Waals surface area contributed by atoms with Gasteiger partial charge >= 0.3 is 0 Å². The summed E-state index contributed by atoms with van der Waals surface area (Å²) in [6.07, 6.45) is 3.93. The van der Waals surface area contributed by atoms with E-state index in [1.807, 2.05) is 19.1 Å². The molecule has 4 rings (SSSR count). The van der Waals surface area contributed by atoms with Crippen LogP contribution in [0.5, 0.6) is 5.75 Å². The van der Waals surface area contributed by atoms with Crippen molar-refractivity contribution in [3.63, 3.8) is 0 Å². The zero-order chi connectivity index (χ0) is 18.8. The number of para-hydroxylation sites is 2. The molecule has 1 aliphatic carbocycles. The normalized spacial score (nSPS) is 19.1. The van der Waals surface area contributed by atoms with E-state index < -0.39 is 6.10 Å². The molecule has 1 heterocycles. The number of carbonyl (C=O) groups excluding carboxylic acids is 2. The number of fused-ring (bicyclic) bond motifs is 2. The van der Waals surface area contributed by atoms with Gasteiger partial charge in [-0.15, -0.1) is 0 Å². The lowest BCUT2D eigenvalue weighted by Crippen LogP contribution is -2.41. The summed E-state index contributed by atoms with van der Waals surface area (Å²) in [5, 5.41) is 5.79. The number of hydrogen-bond acceptors (Lipinski definition) is 3. The summed E-state index contributed by atoms with van der Waals surface area (Å²) in [6.45, 7) is 1.97. The Labute approximate surface area is 159 Å². The lowest BCUT2D eigenvalue weighted by atomic mass is 9.89. The third-order valence-corrected chi connectivity index (χ3v) is 5.33. The van der Waals surface area contributed by atoms with Crippen LogP contribution in [-0.4, -0.2) is 17.9 Å². The van der Waals surface area contributed by atoms with Crippen molar-refractivity contribution in [2.45, 2.75) is 51.2 Å². The predicted octanol–water partition coefficient (Wildman–Crippen LogP) is 3.53.